The number of nitrogens with zero attached hydrogens (tertiary/aromatic N) is 1. The van der Waals surface area contributed by atoms with E-state index in [4.69, 9.17) is 16.7 Å². The normalized spacial score (nSPS) is 11.0. The first-order valence-electron chi connectivity index (χ1n) is 6.14. The summed E-state index contributed by atoms with van der Waals surface area (Å²) in [4.78, 5) is 18.2. The molecule has 0 aliphatic carbocycles. The fourth-order valence-electron chi connectivity index (χ4n) is 2.20. The molecule has 21 heavy (non-hydrogen) atoms. The highest BCUT2D eigenvalue weighted by Gasteiger charge is 2.14. The molecule has 0 radical (unpaired) electrons. The first-order valence-corrected chi connectivity index (χ1v) is 6.52. The number of aryl methyl sites for hydroxylation is 1. The molecule has 0 aliphatic rings. The molecule has 0 saturated carbocycles. The number of benzene rings is 2. The molecule has 2 N–H and O–H groups in total. The number of carboxylic acid groups (broad SMARTS) is 1. The monoisotopic (exact) mass is 304 g/mol. The quantitative estimate of drug-likeness (QED) is 0.751. The van der Waals surface area contributed by atoms with Gasteiger partial charge in [0.2, 0.25) is 0 Å². The lowest BCUT2D eigenvalue weighted by molar-refractivity contribution is 0.0692. The van der Waals surface area contributed by atoms with E-state index in [9.17, 15) is 9.18 Å². The topological polar surface area (TPSA) is 66.0 Å². The second-order valence-corrected chi connectivity index (χ2v) is 5.19. The van der Waals surface area contributed by atoms with Crippen LogP contribution in [0, 0.1) is 12.7 Å². The Bertz CT molecular complexity index is 853. The van der Waals surface area contributed by atoms with Crippen LogP contribution in [0.2, 0.25) is 5.02 Å². The fraction of sp³-hybridized carbons (Fsp3) is 0.0667. The molecule has 0 amide bonds. The number of nitrogens with one attached hydrogen (secondary N) is 1. The van der Waals surface area contributed by atoms with E-state index >= 15 is 0 Å². The van der Waals surface area contributed by atoms with E-state index in [1.165, 1.54) is 6.07 Å². The van der Waals surface area contributed by atoms with Crippen LogP contribution < -0.4 is 0 Å². The van der Waals surface area contributed by atoms with Crippen LogP contribution in [0.3, 0.4) is 0 Å². The molecule has 0 saturated heterocycles. The van der Waals surface area contributed by atoms with Crippen LogP contribution in [0.15, 0.2) is 30.3 Å². The molecule has 3 rings (SSSR count). The van der Waals surface area contributed by atoms with Gasteiger partial charge in [0, 0.05) is 16.7 Å². The van der Waals surface area contributed by atoms with Crippen molar-refractivity contribution in [2.75, 3.05) is 0 Å². The van der Waals surface area contributed by atoms with E-state index in [2.05, 4.69) is 9.97 Å². The lowest BCUT2D eigenvalue weighted by Gasteiger charge is -2.00. The van der Waals surface area contributed by atoms with Crippen LogP contribution in [-0.2, 0) is 0 Å². The number of rotatable bonds is 2. The Morgan fingerprint density at radius 3 is 2.71 bits per heavy atom. The van der Waals surface area contributed by atoms with E-state index in [1.807, 2.05) is 19.1 Å². The zero-order valence-corrected chi connectivity index (χ0v) is 11.7. The summed E-state index contributed by atoms with van der Waals surface area (Å²) in [6, 6.07) is 7.78. The first-order chi connectivity index (χ1) is 9.94. The minimum absolute atomic E-state index is 0.390. The van der Waals surface area contributed by atoms with Gasteiger partial charge in [0.05, 0.1) is 16.6 Å². The zero-order chi connectivity index (χ0) is 15.1. The van der Waals surface area contributed by atoms with Crippen LogP contribution in [0.5, 0.6) is 0 Å². The SMILES string of the molecule is Cc1cc(Cl)cc(-c2nc3cc(C(=O)O)c(F)cc3[nH]2)c1. The molecule has 0 spiro atoms. The third-order valence-electron chi connectivity index (χ3n) is 3.12. The molecule has 0 fully saturated rings. The number of halogens is 2. The molecular formula is C15H10ClFN2O2. The van der Waals surface area contributed by atoms with Gasteiger partial charge in [-0.25, -0.2) is 14.2 Å². The molecule has 0 aliphatic heterocycles. The van der Waals surface area contributed by atoms with Gasteiger partial charge in [-0.1, -0.05) is 11.6 Å². The predicted octanol–water partition coefficient (Wildman–Crippen LogP) is 4.03. The first kappa shape index (κ1) is 13.6. The van der Waals surface area contributed by atoms with Gasteiger partial charge in [-0.2, -0.15) is 0 Å². The zero-order valence-electron chi connectivity index (χ0n) is 10.9. The molecule has 2 aromatic carbocycles. The van der Waals surface area contributed by atoms with Crippen molar-refractivity contribution in [2.45, 2.75) is 6.92 Å². The summed E-state index contributed by atoms with van der Waals surface area (Å²) in [6.07, 6.45) is 0. The molecule has 1 aromatic heterocycles. The molecule has 0 atom stereocenters. The molecule has 6 heteroatoms. The molecule has 106 valence electrons. The lowest BCUT2D eigenvalue weighted by Crippen LogP contribution is -1.99. The number of H-pyrrole nitrogens is 1. The highest BCUT2D eigenvalue weighted by Crippen LogP contribution is 2.26. The molecular weight excluding hydrogens is 295 g/mol. The summed E-state index contributed by atoms with van der Waals surface area (Å²) >= 11 is 6.01. The number of aromatic carboxylic acids is 1. The van der Waals surface area contributed by atoms with Crippen LogP contribution in [-0.4, -0.2) is 21.0 Å². The molecule has 0 bridgehead atoms. The van der Waals surface area contributed by atoms with E-state index in [-0.39, 0.29) is 0 Å². The van der Waals surface area contributed by atoms with Crippen LogP contribution in [0.4, 0.5) is 4.39 Å². The fourth-order valence-corrected chi connectivity index (χ4v) is 2.49. The van der Waals surface area contributed by atoms with E-state index < -0.39 is 17.3 Å². The standard InChI is InChI=1S/C15H10ClFN2O2/c1-7-2-8(4-9(16)3-7)14-18-12-5-10(15(20)21)11(17)6-13(12)19-14/h2-6H,1H3,(H,18,19)(H,20,21). The molecule has 1 heterocycles. The van der Waals surface area contributed by atoms with Crippen molar-refractivity contribution >= 4 is 28.6 Å². The van der Waals surface area contributed by atoms with Crippen molar-refractivity contribution in [1.29, 1.82) is 0 Å². The van der Waals surface area contributed by atoms with Gasteiger partial charge in [0.15, 0.2) is 0 Å². The lowest BCUT2D eigenvalue weighted by atomic mass is 10.1. The van der Waals surface area contributed by atoms with Crippen LogP contribution in [0.1, 0.15) is 15.9 Å². The second kappa shape index (κ2) is 4.86. The largest absolute Gasteiger partial charge is 0.478 e. The number of carboxylic acids is 1. The summed E-state index contributed by atoms with van der Waals surface area (Å²) in [6.45, 7) is 1.90. The van der Waals surface area contributed by atoms with E-state index in [1.54, 1.807) is 6.07 Å². The number of hydrogen-bond acceptors (Lipinski definition) is 2. The third-order valence-corrected chi connectivity index (χ3v) is 3.33. The number of hydrogen-bond donors (Lipinski definition) is 2. The third kappa shape index (κ3) is 2.48. The Kier molecular flexibility index (Phi) is 3.14. The van der Waals surface area contributed by atoms with Gasteiger partial charge in [-0.15, -0.1) is 0 Å². The summed E-state index contributed by atoms with van der Waals surface area (Å²) in [5.74, 6) is -1.61. The molecule has 3 aromatic rings. The van der Waals surface area contributed by atoms with Gasteiger partial charge in [-0.05, 0) is 36.8 Å². The average molecular weight is 305 g/mol. The number of carbonyl (C=O) groups is 1. The predicted molar refractivity (Wildman–Crippen MR) is 78.2 cm³/mol. The van der Waals surface area contributed by atoms with Gasteiger partial charge < -0.3 is 10.1 Å². The number of fused-ring (bicyclic) bond motifs is 1. The highest BCUT2D eigenvalue weighted by atomic mass is 35.5. The Hall–Kier alpha value is -2.40. The van der Waals surface area contributed by atoms with Gasteiger partial charge in [0.25, 0.3) is 0 Å². The Labute approximate surface area is 124 Å². The minimum Gasteiger partial charge on any atom is -0.478 e. The summed E-state index contributed by atoms with van der Waals surface area (Å²) in [5.41, 5.74) is 2.15. The summed E-state index contributed by atoms with van der Waals surface area (Å²) < 4.78 is 13.7. The molecule has 4 nitrogen and oxygen atoms in total. The number of aromatic amines is 1. The Balaban J connectivity index is 2.19. The average Bonchev–Trinajstić information content (AvgIpc) is 2.79. The van der Waals surface area contributed by atoms with Crippen molar-refractivity contribution in [2.24, 2.45) is 0 Å². The van der Waals surface area contributed by atoms with Gasteiger partial charge in [-0.3, -0.25) is 0 Å². The Morgan fingerprint density at radius 1 is 1.29 bits per heavy atom. The van der Waals surface area contributed by atoms with E-state index in [0.29, 0.717) is 21.9 Å². The van der Waals surface area contributed by atoms with Crippen molar-refractivity contribution < 1.29 is 14.3 Å². The van der Waals surface area contributed by atoms with E-state index in [0.717, 1.165) is 17.2 Å². The summed E-state index contributed by atoms with van der Waals surface area (Å²) in [5, 5.41) is 9.50. The van der Waals surface area contributed by atoms with Gasteiger partial charge in [0.1, 0.15) is 11.6 Å². The summed E-state index contributed by atoms with van der Waals surface area (Å²) in [7, 11) is 0. The van der Waals surface area contributed by atoms with Crippen molar-refractivity contribution in [1.82, 2.24) is 9.97 Å². The van der Waals surface area contributed by atoms with Crippen molar-refractivity contribution in [3.8, 4) is 11.4 Å². The Morgan fingerprint density at radius 2 is 2.05 bits per heavy atom. The van der Waals surface area contributed by atoms with Crippen molar-refractivity contribution in [3.63, 3.8) is 0 Å². The maximum atomic E-state index is 13.7. The smallest absolute Gasteiger partial charge is 0.338 e. The maximum Gasteiger partial charge on any atom is 0.338 e. The minimum atomic E-state index is -1.32. The molecule has 0 unspecified atom stereocenters. The van der Waals surface area contributed by atoms with Crippen molar-refractivity contribution in [3.05, 3.63) is 52.3 Å². The van der Waals surface area contributed by atoms with Crippen LogP contribution >= 0.6 is 11.6 Å². The second-order valence-electron chi connectivity index (χ2n) is 4.76. The highest BCUT2D eigenvalue weighted by molar-refractivity contribution is 6.30. The number of imidazole rings is 1. The van der Waals surface area contributed by atoms with Gasteiger partial charge >= 0.3 is 5.97 Å². The maximum absolute atomic E-state index is 13.7. The van der Waals surface area contributed by atoms with Crippen LogP contribution in [0.25, 0.3) is 22.4 Å². The number of aromatic nitrogens is 2.